The van der Waals surface area contributed by atoms with Crippen molar-refractivity contribution in [2.75, 3.05) is 53.2 Å². The Bertz CT molecular complexity index is 572. The van der Waals surface area contributed by atoms with E-state index in [1.165, 1.54) is 0 Å². The highest BCUT2D eigenvalue weighted by Gasteiger charge is 2.34. The summed E-state index contributed by atoms with van der Waals surface area (Å²) in [6.07, 6.45) is 2.61. The van der Waals surface area contributed by atoms with Crippen LogP contribution in [-0.2, 0) is 16.0 Å². The Morgan fingerprint density at radius 2 is 2.11 bits per heavy atom. The first kappa shape index (κ1) is 22.5. The maximum Gasteiger partial charge on any atom is 0.191 e. The first-order valence-electron chi connectivity index (χ1n) is 10.1. The van der Waals surface area contributed by atoms with Gasteiger partial charge < -0.3 is 30.0 Å². The molecule has 3 N–H and O–H groups in total. The summed E-state index contributed by atoms with van der Waals surface area (Å²) in [7, 11) is 1.66. The van der Waals surface area contributed by atoms with E-state index in [9.17, 15) is 5.11 Å². The Morgan fingerprint density at radius 3 is 2.75 bits per heavy atom. The van der Waals surface area contributed by atoms with E-state index in [2.05, 4.69) is 10.6 Å². The minimum atomic E-state index is -0.0252. The number of nitrogens with one attached hydrogen (secondary N) is 2. The number of aliphatic hydroxyl groups excluding tert-OH is 1. The van der Waals surface area contributed by atoms with Crippen molar-refractivity contribution in [1.29, 1.82) is 0 Å². The Kier molecular flexibility index (Phi) is 10.1. The minimum Gasteiger partial charge on any atom is -0.497 e. The fraction of sp³-hybridized carbons (Fsp3) is 0.667. The number of hydrogen-bond acceptors (Lipinski definition) is 5. The zero-order chi connectivity index (χ0) is 20.1. The van der Waals surface area contributed by atoms with Gasteiger partial charge in [-0.1, -0.05) is 12.1 Å². The SMILES string of the molecule is CCOCCCNC(=NCc1ccc(OC)cc1)NCC1(CCO)CCOC1. The number of guanidine groups is 1. The molecule has 7 nitrogen and oxygen atoms in total. The van der Waals surface area contributed by atoms with Gasteiger partial charge in [-0.15, -0.1) is 0 Å². The summed E-state index contributed by atoms with van der Waals surface area (Å²) in [5.41, 5.74) is 1.09. The molecule has 1 aromatic rings. The van der Waals surface area contributed by atoms with Crippen molar-refractivity contribution in [2.45, 2.75) is 32.7 Å². The number of methoxy groups -OCH3 is 1. The number of benzene rings is 1. The third kappa shape index (κ3) is 7.66. The molecule has 28 heavy (non-hydrogen) atoms. The quantitative estimate of drug-likeness (QED) is 0.286. The molecule has 0 amide bonds. The third-order valence-corrected chi connectivity index (χ3v) is 5.00. The molecule has 1 saturated heterocycles. The van der Waals surface area contributed by atoms with E-state index in [-0.39, 0.29) is 12.0 Å². The standard InChI is InChI=1S/C21H35N3O4/c1-3-27-13-4-11-22-20(23-15-18-5-7-19(26-2)8-6-18)24-16-21(9-12-25)10-14-28-17-21/h5-8,25H,3-4,9-17H2,1-2H3,(H2,22,23,24). The topological polar surface area (TPSA) is 84.3 Å². The number of rotatable bonds is 12. The van der Waals surface area contributed by atoms with Crippen molar-refractivity contribution in [2.24, 2.45) is 10.4 Å². The van der Waals surface area contributed by atoms with Crippen LogP contribution in [0.25, 0.3) is 0 Å². The van der Waals surface area contributed by atoms with Gasteiger partial charge in [0.05, 0.1) is 20.3 Å². The summed E-state index contributed by atoms with van der Waals surface area (Å²) >= 11 is 0. The van der Waals surface area contributed by atoms with Crippen molar-refractivity contribution in [3.63, 3.8) is 0 Å². The molecule has 1 heterocycles. The van der Waals surface area contributed by atoms with Crippen LogP contribution >= 0.6 is 0 Å². The molecule has 0 spiro atoms. The molecule has 1 aliphatic heterocycles. The van der Waals surface area contributed by atoms with Gasteiger partial charge in [-0.05, 0) is 43.9 Å². The maximum absolute atomic E-state index is 9.42. The van der Waals surface area contributed by atoms with Crippen LogP contribution in [0.4, 0.5) is 0 Å². The number of aliphatic imine (C=N–C) groups is 1. The molecule has 7 heteroatoms. The van der Waals surface area contributed by atoms with E-state index in [0.717, 1.165) is 69.4 Å². The highest BCUT2D eigenvalue weighted by Crippen LogP contribution is 2.31. The average Bonchev–Trinajstić information content (AvgIpc) is 3.18. The molecular weight excluding hydrogens is 358 g/mol. The van der Waals surface area contributed by atoms with Crippen LogP contribution in [-0.4, -0.2) is 64.3 Å². The van der Waals surface area contributed by atoms with E-state index in [1.54, 1.807) is 7.11 Å². The van der Waals surface area contributed by atoms with Crippen molar-refractivity contribution < 1.29 is 19.3 Å². The molecule has 1 atom stereocenters. The van der Waals surface area contributed by atoms with Crippen molar-refractivity contribution in [1.82, 2.24) is 10.6 Å². The summed E-state index contributed by atoms with van der Waals surface area (Å²) in [4.78, 5) is 4.73. The number of aliphatic hydroxyl groups is 1. The lowest BCUT2D eigenvalue weighted by molar-refractivity contribution is 0.127. The normalized spacial score (nSPS) is 19.6. The lowest BCUT2D eigenvalue weighted by Gasteiger charge is -2.27. The molecule has 1 aromatic carbocycles. The Hall–Kier alpha value is -1.83. The fourth-order valence-corrected chi connectivity index (χ4v) is 3.18. The van der Waals surface area contributed by atoms with E-state index >= 15 is 0 Å². The van der Waals surface area contributed by atoms with Gasteiger partial charge in [0.2, 0.25) is 0 Å². The van der Waals surface area contributed by atoms with Crippen LogP contribution < -0.4 is 15.4 Å². The van der Waals surface area contributed by atoms with Gasteiger partial charge in [-0.25, -0.2) is 4.99 Å². The van der Waals surface area contributed by atoms with Crippen molar-refractivity contribution in [3.05, 3.63) is 29.8 Å². The highest BCUT2D eigenvalue weighted by atomic mass is 16.5. The lowest BCUT2D eigenvalue weighted by atomic mass is 9.84. The molecule has 0 radical (unpaired) electrons. The van der Waals surface area contributed by atoms with Crippen LogP contribution in [0.3, 0.4) is 0 Å². The van der Waals surface area contributed by atoms with Crippen LogP contribution in [0.1, 0.15) is 31.7 Å². The van der Waals surface area contributed by atoms with Crippen LogP contribution in [0.2, 0.25) is 0 Å². The molecule has 1 unspecified atom stereocenters. The first-order chi connectivity index (χ1) is 13.7. The van der Waals surface area contributed by atoms with Gasteiger partial charge in [-0.3, -0.25) is 0 Å². The molecule has 1 fully saturated rings. The second-order valence-electron chi connectivity index (χ2n) is 7.12. The zero-order valence-corrected chi connectivity index (χ0v) is 17.2. The Labute approximate surface area is 168 Å². The number of nitrogens with zero attached hydrogens (tertiary/aromatic N) is 1. The van der Waals surface area contributed by atoms with Gasteiger partial charge in [0.25, 0.3) is 0 Å². The minimum absolute atomic E-state index is 0.0252. The van der Waals surface area contributed by atoms with E-state index in [0.29, 0.717) is 13.2 Å². The van der Waals surface area contributed by atoms with Gasteiger partial charge in [0.1, 0.15) is 5.75 Å². The smallest absolute Gasteiger partial charge is 0.191 e. The predicted octanol–water partition coefficient (Wildman–Crippen LogP) is 1.95. The summed E-state index contributed by atoms with van der Waals surface area (Å²) in [6, 6.07) is 7.93. The highest BCUT2D eigenvalue weighted by molar-refractivity contribution is 5.79. The molecule has 1 aliphatic rings. The summed E-state index contributed by atoms with van der Waals surface area (Å²) in [5.74, 6) is 1.61. The Balaban J connectivity index is 1.94. The van der Waals surface area contributed by atoms with E-state index in [4.69, 9.17) is 19.2 Å². The number of hydrogen-bond donors (Lipinski definition) is 3. The molecule has 158 valence electrons. The summed E-state index contributed by atoms with van der Waals surface area (Å²) in [5, 5.41) is 16.3. The van der Waals surface area contributed by atoms with E-state index in [1.807, 2.05) is 31.2 Å². The fourth-order valence-electron chi connectivity index (χ4n) is 3.18. The van der Waals surface area contributed by atoms with Crippen LogP contribution in [0.5, 0.6) is 5.75 Å². The average molecular weight is 394 g/mol. The van der Waals surface area contributed by atoms with Crippen LogP contribution in [0, 0.1) is 5.41 Å². The second-order valence-corrected chi connectivity index (χ2v) is 7.12. The van der Waals surface area contributed by atoms with Crippen LogP contribution in [0.15, 0.2) is 29.3 Å². The van der Waals surface area contributed by atoms with Crippen molar-refractivity contribution in [3.8, 4) is 5.75 Å². The first-order valence-corrected chi connectivity index (χ1v) is 10.1. The molecule has 2 rings (SSSR count). The second kappa shape index (κ2) is 12.6. The number of ether oxygens (including phenoxy) is 3. The lowest BCUT2D eigenvalue weighted by Crippen LogP contribution is -2.45. The van der Waals surface area contributed by atoms with Gasteiger partial charge in [-0.2, -0.15) is 0 Å². The molecule has 0 aromatic heterocycles. The molecule has 0 bridgehead atoms. The maximum atomic E-state index is 9.42. The Morgan fingerprint density at radius 1 is 1.29 bits per heavy atom. The van der Waals surface area contributed by atoms with Gasteiger partial charge in [0, 0.05) is 44.9 Å². The summed E-state index contributed by atoms with van der Waals surface area (Å²) < 4.78 is 16.2. The predicted molar refractivity (Wildman–Crippen MR) is 111 cm³/mol. The summed E-state index contributed by atoms with van der Waals surface area (Å²) in [6.45, 7) is 7.17. The zero-order valence-electron chi connectivity index (χ0n) is 17.2. The largest absolute Gasteiger partial charge is 0.497 e. The molecule has 0 aliphatic carbocycles. The van der Waals surface area contributed by atoms with E-state index < -0.39 is 0 Å². The monoisotopic (exact) mass is 393 g/mol. The third-order valence-electron chi connectivity index (χ3n) is 5.00. The molecule has 0 saturated carbocycles. The molecular formula is C21H35N3O4. The van der Waals surface area contributed by atoms with Crippen molar-refractivity contribution >= 4 is 5.96 Å². The van der Waals surface area contributed by atoms with Gasteiger partial charge >= 0.3 is 0 Å². The van der Waals surface area contributed by atoms with Gasteiger partial charge in [0.15, 0.2) is 5.96 Å².